The normalized spacial score (nSPS) is 24.8. The van der Waals surface area contributed by atoms with Crippen LogP contribution >= 0.6 is 0 Å². The van der Waals surface area contributed by atoms with Crippen LogP contribution in [-0.4, -0.2) is 53.3 Å². The van der Waals surface area contributed by atoms with Gasteiger partial charge in [-0.2, -0.15) is 5.26 Å². The lowest BCUT2D eigenvalue weighted by atomic mass is 9.90. The molecule has 4 rings (SSSR count). The lowest BCUT2D eigenvalue weighted by Gasteiger charge is -2.39. The minimum atomic E-state index is 0.432. The molecule has 2 fully saturated rings. The predicted molar refractivity (Wildman–Crippen MR) is 96.3 cm³/mol. The summed E-state index contributed by atoms with van der Waals surface area (Å²) < 4.78 is 5.46. The number of aromatic nitrogens is 2. The molecule has 130 valence electrons. The van der Waals surface area contributed by atoms with E-state index >= 15 is 0 Å². The van der Waals surface area contributed by atoms with Gasteiger partial charge in [-0.05, 0) is 43.9 Å². The maximum absolute atomic E-state index is 9.14. The molecule has 1 aliphatic carbocycles. The number of hydrogen-bond acceptors (Lipinski definition) is 6. The first-order valence-corrected chi connectivity index (χ1v) is 9.06. The van der Waals surface area contributed by atoms with Gasteiger partial charge in [0.25, 0.3) is 0 Å². The molecule has 0 bridgehead atoms. The van der Waals surface area contributed by atoms with Crippen LogP contribution < -0.4 is 5.32 Å². The Kier molecular flexibility index (Phi) is 4.77. The van der Waals surface area contributed by atoms with Crippen molar-refractivity contribution in [1.29, 1.82) is 5.26 Å². The van der Waals surface area contributed by atoms with Gasteiger partial charge >= 0.3 is 0 Å². The number of nitrogens with zero attached hydrogens (tertiary/aromatic N) is 4. The molecule has 1 saturated carbocycles. The second kappa shape index (κ2) is 7.34. The molecule has 0 amide bonds. The Hall–Kier alpha value is -2.23. The highest BCUT2D eigenvalue weighted by Gasteiger charge is 2.27. The van der Waals surface area contributed by atoms with Gasteiger partial charge < -0.3 is 10.1 Å². The summed E-state index contributed by atoms with van der Waals surface area (Å²) in [5.41, 5.74) is 1.51. The third-order valence-corrected chi connectivity index (χ3v) is 5.36. The maximum atomic E-state index is 9.14. The van der Waals surface area contributed by atoms with Crippen LogP contribution in [0.25, 0.3) is 10.9 Å². The number of fused-ring (bicyclic) bond motifs is 1. The average Bonchev–Trinajstić information content (AvgIpc) is 2.69. The van der Waals surface area contributed by atoms with Crippen LogP contribution in [0.2, 0.25) is 0 Å². The smallest absolute Gasteiger partial charge is 0.137 e. The van der Waals surface area contributed by atoms with Crippen molar-refractivity contribution in [2.75, 3.05) is 31.6 Å². The molecule has 2 aliphatic rings. The average molecular weight is 337 g/mol. The number of nitriles is 1. The van der Waals surface area contributed by atoms with Crippen LogP contribution in [0.4, 0.5) is 5.82 Å². The van der Waals surface area contributed by atoms with Gasteiger partial charge in [0.05, 0.1) is 30.4 Å². The van der Waals surface area contributed by atoms with Gasteiger partial charge in [-0.15, -0.1) is 0 Å². The monoisotopic (exact) mass is 337 g/mol. The maximum Gasteiger partial charge on any atom is 0.137 e. The van der Waals surface area contributed by atoms with E-state index in [1.165, 1.54) is 12.8 Å². The molecule has 1 saturated heterocycles. The molecule has 0 spiro atoms. The second-order valence-corrected chi connectivity index (χ2v) is 6.86. The fraction of sp³-hybridized carbons (Fsp3) is 0.526. The summed E-state index contributed by atoms with van der Waals surface area (Å²) >= 11 is 0. The molecular formula is C19H23N5O. The number of hydrogen-bond donors (Lipinski definition) is 1. The van der Waals surface area contributed by atoms with Crippen molar-refractivity contribution in [2.24, 2.45) is 0 Å². The van der Waals surface area contributed by atoms with Crippen LogP contribution in [0.15, 0.2) is 24.5 Å². The SMILES string of the molecule is N#Cc1ccc2ncnc(NC3CCC(N4CCOCC4)CC3)c2c1. The first-order chi connectivity index (χ1) is 12.3. The van der Waals surface area contributed by atoms with E-state index in [2.05, 4.69) is 26.3 Å². The van der Waals surface area contributed by atoms with E-state index in [4.69, 9.17) is 10.00 Å². The number of rotatable bonds is 3. The molecule has 0 radical (unpaired) electrons. The third-order valence-electron chi connectivity index (χ3n) is 5.36. The van der Waals surface area contributed by atoms with Crippen LogP contribution in [0.3, 0.4) is 0 Å². The van der Waals surface area contributed by atoms with Crippen LogP contribution in [0.1, 0.15) is 31.2 Å². The molecule has 2 aromatic rings. The van der Waals surface area contributed by atoms with Crippen molar-refractivity contribution in [1.82, 2.24) is 14.9 Å². The lowest BCUT2D eigenvalue weighted by Crippen LogP contribution is -2.46. The fourth-order valence-electron chi connectivity index (χ4n) is 3.96. The van der Waals surface area contributed by atoms with E-state index in [1.807, 2.05) is 12.1 Å². The van der Waals surface area contributed by atoms with Gasteiger partial charge in [0, 0.05) is 30.6 Å². The molecule has 1 aromatic carbocycles. The lowest BCUT2D eigenvalue weighted by molar-refractivity contribution is 0.00791. The Balaban J connectivity index is 1.43. The predicted octanol–water partition coefficient (Wildman–Crippen LogP) is 2.56. The van der Waals surface area contributed by atoms with Crippen molar-refractivity contribution < 1.29 is 4.74 Å². The first-order valence-electron chi connectivity index (χ1n) is 9.06. The molecule has 25 heavy (non-hydrogen) atoms. The summed E-state index contributed by atoms with van der Waals surface area (Å²) in [5, 5.41) is 13.7. The number of ether oxygens (including phenoxy) is 1. The standard InChI is InChI=1S/C19H23N5O/c20-12-14-1-6-18-17(11-14)19(22-13-21-18)23-15-2-4-16(5-3-15)24-7-9-25-10-8-24/h1,6,11,13,15-16H,2-5,7-10H2,(H,21,22,23). The molecule has 0 unspecified atom stereocenters. The Morgan fingerprint density at radius 3 is 2.68 bits per heavy atom. The molecule has 0 atom stereocenters. The molecule has 6 heteroatoms. The number of morpholine rings is 1. The zero-order chi connectivity index (χ0) is 17.1. The summed E-state index contributed by atoms with van der Waals surface area (Å²) in [5.74, 6) is 0.844. The minimum Gasteiger partial charge on any atom is -0.379 e. The van der Waals surface area contributed by atoms with E-state index in [0.717, 1.165) is 55.9 Å². The van der Waals surface area contributed by atoms with Gasteiger partial charge in [0.1, 0.15) is 12.1 Å². The summed E-state index contributed by atoms with van der Waals surface area (Å²) in [7, 11) is 0. The summed E-state index contributed by atoms with van der Waals surface area (Å²) in [6.07, 6.45) is 6.31. The highest BCUT2D eigenvalue weighted by atomic mass is 16.5. The van der Waals surface area contributed by atoms with Gasteiger partial charge in [-0.3, -0.25) is 4.90 Å². The number of benzene rings is 1. The van der Waals surface area contributed by atoms with Gasteiger partial charge in [0.2, 0.25) is 0 Å². The van der Waals surface area contributed by atoms with Crippen molar-refractivity contribution in [3.63, 3.8) is 0 Å². The van der Waals surface area contributed by atoms with Crippen molar-refractivity contribution in [3.05, 3.63) is 30.1 Å². The number of nitrogens with one attached hydrogen (secondary N) is 1. The van der Waals surface area contributed by atoms with Gasteiger partial charge in [0.15, 0.2) is 0 Å². The van der Waals surface area contributed by atoms with Crippen molar-refractivity contribution >= 4 is 16.7 Å². The summed E-state index contributed by atoms with van der Waals surface area (Å²) in [6.45, 7) is 3.87. The molecule has 1 N–H and O–H groups in total. The Morgan fingerprint density at radius 1 is 1.12 bits per heavy atom. The molecule has 1 aromatic heterocycles. The molecular weight excluding hydrogens is 314 g/mol. The Labute approximate surface area is 147 Å². The van der Waals surface area contributed by atoms with E-state index in [0.29, 0.717) is 17.6 Å². The molecule has 1 aliphatic heterocycles. The van der Waals surface area contributed by atoms with Crippen LogP contribution in [0, 0.1) is 11.3 Å². The Morgan fingerprint density at radius 2 is 1.92 bits per heavy atom. The van der Waals surface area contributed by atoms with Crippen molar-refractivity contribution in [2.45, 2.75) is 37.8 Å². The molecule has 6 nitrogen and oxygen atoms in total. The van der Waals surface area contributed by atoms with E-state index in [-0.39, 0.29) is 0 Å². The minimum absolute atomic E-state index is 0.432. The largest absolute Gasteiger partial charge is 0.379 e. The van der Waals surface area contributed by atoms with E-state index in [1.54, 1.807) is 12.4 Å². The van der Waals surface area contributed by atoms with Crippen LogP contribution in [0.5, 0.6) is 0 Å². The summed E-state index contributed by atoms with van der Waals surface area (Å²) in [4.78, 5) is 11.3. The molecule has 2 heterocycles. The van der Waals surface area contributed by atoms with E-state index in [9.17, 15) is 0 Å². The summed E-state index contributed by atoms with van der Waals surface area (Å²) in [6, 6.07) is 8.87. The quantitative estimate of drug-likeness (QED) is 0.928. The second-order valence-electron chi connectivity index (χ2n) is 6.86. The third kappa shape index (κ3) is 3.58. The van der Waals surface area contributed by atoms with Crippen LogP contribution in [-0.2, 0) is 4.74 Å². The topological polar surface area (TPSA) is 74.1 Å². The van der Waals surface area contributed by atoms with E-state index < -0.39 is 0 Å². The highest BCUT2D eigenvalue weighted by molar-refractivity contribution is 5.89. The van der Waals surface area contributed by atoms with Gasteiger partial charge in [-0.1, -0.05) is 0 Å². The van der Waals surface area contributed by atoms with Crippen molar-refractivity contribution in [3.8, 4) is 6.07 Å². The highest BCUT2D eigenvalue weighted by Crippen LogP contribution is 2.28. The fourth-order valence-corrected chi connectivity index (χ4v) is 3.96. The zero-order valence-corrected chi connectivity index (χ0v) is 14.3. The number of anilines is 1. The first kappa shape index (κ1) is 16.2. The zero-order valence-electron chi connectivity index (χ0n) is 14.3. The van der Waals surface area contributed by atoms with Gasteiger partial charge in [-0.25, -0.2) is 9.97 Å². The Bertz CT molecular complexity index is 773.